The standard InChI is InChI=1S/C27H27BrN4O4/c1-6-25-30-24-12-7-20(28)14-23(24)26(33)32(25)29-15-19-13-16(2)31(17(19)3)21-8-10-22(11-9-21)36-18(4)27(34)35-5/h7-15,18H,6H2,1-5H3/t18-/m0/s1. The van der Waals surface area contributed by atoms with E-state index in [0.29, 0.717) is 28.9 Å². The van der Waals surface area contributed by atoms with Crippen LogP contribution in [-0.4, -0.2) is 39.6 Å². The molecule has 2 aromatic heterocycles. The lowest BCUT2D eigenvalue weighted by molar-refractivity contribution is -0.147. The minimum absolute atomic E-state index is 0.208. The Morgan fingerprint density at radius 3 is 2.56 bits per heavy atom. The molecule has 4 rings (SSSR count). The van der Waals surface area contributed by atoms with Crippen molar-refractivity contribution in [3.63, 3.8) is 0 Å². The zero-order valence-electron chi connectivity index (χ0n) is 20.8. The molecular formula is C27H27BrN4O4. The van der Waals surface area contributed by atoms with Gasteiger partial charge in [0.05, 0.1) is 24.2 Å². The van der Waals surface area contributed by atoms with Gasteiger partial charge >= 0.3 is 5.97 Å². The van der Waals surface area contributed by atoms with Gasteiger partial charge in [0.15, 0.2) is 6.10 Å². The molecule has 0 aliphatic heterocycles. The molecule has 9 heteroatoms. The van der Waals surface area contributed by atoms with Gasteiger partial charge in [-0.1, -0.05) is 22.9 Å². The maximum absolute atomic E-state index is 13.2. The van der Waals surface area contributed by atoms with Crippen LogP contribution < -0.4 is 10.3 Å². The Labute approximate surface area is 217 Å². The third-order valence-corrected chi connectivity index (χ3v) is 6.41. The molecule has 8 nitrogen and oxygen atoms in total. The number of esters is 1. The van der Waals surface area contributed by atoms with Gasteiger partial charge in [-0.2, -0.15) is 9.78 Å². The van der Waals surface area contributed by atoms with Crippen molar-refractivity contribution in [3.8, 4) is 11.4 Å². The van der Waals surface area contributed by atoms with Gasteiger partial charge in [-0.3, -0.25) is 4.79 Å². The molecule has 4 aromatic rings. The number of aryl methyl sites for hydroxylation is 2. The number of aromatic nitrogens is 3. The zero-order chi connectivity index (χ0) is 26.0. The van der Waals surface area contributed by atoms with Crippen LogP contribution in [0.4, 0.5) is 0 Å². The first-order chi connectivity index (χ1) is 17.2. The van der Waals surface area contributed by atoms with Crippen LogP contribution in [0.15, 0.2) is 62.9 Å². The molecule has 1 atom stereocenters. The van der Waals surface area contributed by atoms with E-state index in [1.165, 1.54) is 11.8 Å². The first-order valence-electron chi connectivity index (χ1n) is 11.5. The largest absolute Gasteiger partial charge is 0.479 e. The fraction of sp³-hybridized carbons (Fsp3) is 0.259. The average Bonchev–Trinajstić information content (AvgIpc) is 3.16. The fourth-order valence-electron chi connectivity index (χ4n) is 4.07. The summed E-state index contributed by atoms with van der Waals surface area (Å²) in [5.74, 6) is 0.735. The lowest BCUT2D eigenvalue weighted by atomic mass is 10.2. The van der Waals surface area contributed by atoms with Crippen molar-refractivity contribution in [2.45, 2.75) is 40.2 Å². The highest BCUT2D eigenvalue weighted by Gasteiger charge is 2.16. The first-order valence-corrected chi connectivity index (χ1v) is 12.3. The molecule has 2 aromatic carbocycles. The van der Waals surface area contributed by atoms with Crippen molar-refractivity contribution >= 4 is 39.0 Å². The number of ether oxygens (including phenoxy) is 2. The number of methoxy groups -OCH3 is 1. The number of rotatable bonds is 7. The van der Waals surface area contributed by atoms with E-state index in [1.807, 2.05) is 63.2 Å². The molecule has 0 N–H and O–H groups in total. The number of carbonyl (C=O) groups is 1. The number of carbonyl (C=O) groups excluding carboxylic acids is 1. The topological polar surface area (TPSA) is 87.7 Å². The molecule has 0 fully saturated rings. The molecule has 2 heterocycles. The molecule has 0 bridgehead atoms. The van der Waals surface area contributed by atoms with E-state index < -0.39 is 12.1 Å². The molecule has 0 unspecified atom stereocenters. The second-order valence-corrected chi connectivity index (χ2v) is 9.26. The molecule has 0 saturated carbocycles. The maximum Gasteiger partial charge on any atom is 0.346 e. The number of nitrogens with zero attached hydrogens (tertiary/aromatic N) is 4. The summed E-state index contributed by atoms with van der Waals surface area (Å²) in [5.41, 5.74) is 4.24. The summed E-state index contributed by atoms with van der Waals surface area (Å²) in [6.45, 7) is 7.60. The van der Waals surface area contributed by atoms with Gasteiger partial charge in [-0.25, -0.2) is 9.78 Å². The third-order valence-electron chi connectivity index (χ3n) is 5.92. The number of fused-ring (bicyclic) bond motifs is 1. The zero-order valence-corrected chi connectivity index (χ0v) is 22.4. The summed E-state index contributed by atoms with van der Waals surface area (Å²) in [6.07, 6.45) is 1.57. The number of benzene rings is 2. The summed E-state index contributed by atoms with van der Waals surface area (Å²) in [4.78, 5) is 29.4. The van der Waals surface area contributed by atoms with E-state index in [2.05, 4.69) is 30.6 Å². The van der Waals surface area contributed by atoms with Gasteiger partial charge < -0.3 is 14.0 Å². The molecule has 0 radical (unpaired) electrons. The van der Waals surface area contributed by atoms with Crippen molar-refractivity contribution < 1.29 is 14.3 Å². The van der Waals surface area contributed by atoms with Crippen LogP contribution in [0.1, 0.15) is 36.6 Å². The fourth-order valence-corrected chi connectivity index (χ4v) is 4.43. The molecule has 0 aliphatic rings. The quantitative estimate of drug-likeness (QED) is 0.240. The molecule has 36 heavy (non-hydrogen) atoms. The Balaban J connectivity index is 1.66. The molecule has 0 spiro atoms. The first kappa shape index (κ1) is 25.4. The number of hydrogen-bond donors (Lipinski definition) is 0. The highest BCUT2D eigenvalue weighted by Crippen LogP contribution is 2.23. The Morgan fingerprint density at radius 1 is 1.17 bits per heavy atom. The molecule has 0 saturated heterocycles. The minimum Gasteiger partial charge on any atom is -0.479 e. The van der Waals surface area contributed by atoms with Gasteiger partial charge in [0.1, 0.15) is 11.6 Å². The van der Waals surface area contributed by atoms with E-state index in [1.54, 1.807) is 19.2 Å². The van der Waals surface area contributed by atoms with Crippen molar-refractivity contribution in [1.82, 2.24) is 14.2 Å². The highest BCUT2D eigenvalue weighted by molar-refractivity contribution is 9.10. The highest BCUT2D eigenvalue weighted by atomic mass is 79.9. The van der Waals surface area contributed by atoms with Crippen molar-refractivity contribution in [2.75, 3.05) is 7.11 Å². The van der Waals surface area contributed by atoms with E-state index in [4.69, 9.17) is 9.47 Å². The number of hydrogen-bond acceptors (Lipinski definition) is 6. The lowest BCUT2D eigenvalue weighted by Gasteiger charge is -2.14. The van der Waals surface area contributed by atoms with E-state index in [9.17, 15) is 9.59 Å². The molecule has 186 valence electrons. The van der Waals surface area contributed by atoms with Crippen molar-refractivity contribution in [1.29, 1.82) is 0 Å². The van der Waals surface area contributed by atoms with Crippen LogP contribution in [0.2, 0.25) is 0 Å². The van der Waals surface area contributed by atoms with Gasteiger partial charge in [0.2, 0.25) is 0 Å². The SMILES string of the molecule is CCc1nc2ccc(Br)cc2c(=O)n1N=Cc1cc(C)n(-c2ccc(O[C@@H](C)C(=O)OC)cc2)c1C. The minimum atomic E-state index is -0.694. The van der Waals surface area contributed by atoms with Gasteiger partial charge in [-0.15, -0.1) is 0 Å². The van der Waals surface area contributed by atoms with Crippen LogP contribution >= 0.6 is 15.9 Å². The van der Waals surface area contributed by atoms with Crippen LogP contribution in [0.25, 0.3) is 16.6 Å². The Hall–Kier alpha value is -3.72. The van der Waals surface area contributed by atoms with Crippen molar-refractivity contribution in [2.24, 2.45) is 5.10 Å². The van der Waals surface area contributed by atoms with E-state index >= 15 is 0 Å². The van der Waals surface area contributed by atoms with Crippen LogP contribution in [0.5, 0.6) is 5.75 Å². The second-order valence-electron chi connectivity index (χ2n) is 8.34. The number of halogens is 1. The Kier molecular flexibility index (Phi) is 7.40. The maximum atomic E-state index is 13.2. The summed E-state index contributed by atoms with van der Waals surface area (Å²) in [7, 11) is 1.33. The third kappa shape index (κ3) is 4.97. The average molecular weight is 551 g/mol. The Morgan fingerprint density at radius 2 is 1.89 bits per heavy atom. The monoisotopic (exact) mass is 550 g/mol. The smallest absolute Gasteiger partial charge is 0.346 e. The van der Waals surface area contributed by atoms with Crippen molar-refractivity contribution in [3.05, 3.63) is 86.1 Å². The lowest BCUT2D eigenvalue weighted by Crippen LogP contribution is -2.24. The van der Waals surface area contributed by atoms with Gasteiger partial charge in [0.25, 0.3) is 5.56 Å². The van der Waals surface area contributed by atoms with Crippen LogP contribution in [-0.2, 0) is 16.0 Å². The summed E-state index contributed by atoms with van der Waals surface area (Å²) in [6, 6.07) is 14.9. The predicted octanol–water partition coefficient (Wildman–Crippen LogP) is 4.95. The summed E-state index contributed by atoms with van der Waals surface area (Å²) in [5, 5.41) is 5.04. The molecule has 0 aliphatic carbocycles. The molecular weight excluding hydrogens is 524 g/mol. The molecule has 0 amide bonds. The van der Waals surface area contributed by atoms with E-state index in [0.717, 1.165) is 27.1 Å². The van der Waals surface area contributed by atoms with Crippen LogP contribution in [0.3, 0.4) is 0 Å². The van der Waals surface area contributed by atoms with Crippen LogP contribution in [0, 0.1) is 13.8 Å². The summed E-state index contributed by atoms with van der Waals surface area (Å²) >= 11 is 3.42. The van der Waals surface area contributed by atoms with E-state index in [-0.39, 0.29) is 5.56 Å². The Bertz CT molecular complexity index is 1520. The normalized spacial score (nSPS) is 12.3. The van der Waals surface area contributed by atoms with Gasteiger partial charge in [0, 0.05) is 33.5 Å². The second kappa shape index (κ2) is 10.5. The summed E-state index contributed by atoms with van der Waals surface area (Å²) < 4.78 is 14.6. The van der Waals surface area contributed by atoms with Gasteiger partial charge in [-0.05, 0) is 69.3 Å². The predicted molar refractivity (Wildman–Crippen MR) is 143 cm³/mol.